The molecule has 1 atom stereocenters. The Kier molecular flexibility index (Phi) is 7.33. The number of hydrogen-bond acceptors (Lipinski definition) is 4. The molecule has 0 radical (unpaired) electrons. The second-order valence-corrected chi connectivity index (χ2v) is 5.95. The molecule has 1 amide bonds. The minimum atomic E-state index is -3.49. The van der Waals surface area contributed by atoms with Crippen molar-refractivity contribution < 1.29 is 13.2 Å². The van der Waals surface area contributed by atoms with Crippen LogP contribution in [0.25, 0.3) is 0 Å². The molecule has 1 unspecified atom stereocenters. The van der Waals surface area contributed by atoms with Gasteiger partial charge in [-0.25, -0.2) is 12.7 Å². The third-order valence-corrected chi connectivity index (χ3v) is 4.39. The summed E-state index contributed by atoms with van der Waals surface area (Å²) in [4.78, 5) is 11.5. The van der Waals surface area contributed by atoms with E-state index in [9.17, 15) is 13.2 Å². The number of sulfonamides is 1. The van der Waals surface area contributed by atoms with Crippen LogP contribution in [0.4, 0.5) is 0 Å². The van der Waals surface area contributed by atoms with Gasteiger partial charge in [0.25, 0.3) is 0 Å². The van der Waals surface area contributed by atoms with Crippen LogP contribution in [0.15, 0.2) is 0 Å². The largest absolute Gasteiger partial charge is 0.355 e. The lowest BCUT2D eigenvalue weighted by Gasteiger charge is -2.18. The first-order valence-electron chi connectivity index (χ1n) is 5.81. The monoisotopic (exact) mass is 265 g/mol. The Balaban J connectivity index is 4.28. The second-order valence-electron chi connectivity index (χ2n) is 3.99. The Hall–Kier alpha value is -0.660. The van der Waals surface area contributed by atoms with E-state index in [0.29, 0.717) is 26.2 Å². The van der Waals surface area contributed by atoms with Crippen LogP contribution < -0.4 is 11.1 Å². The van der Waals surface area contributed by atoms with Gasteiger partial charge in [0, 0.05) is 19.6 Å². The molecule has 0 aliphatic rings. The van der Waals surface area contributed by atoms with Crippen molar-refractivity contribution in [1.82, 2.24) is 9.62 Å². The highest BCUT2D eigenvalue weighted by molar-refractivity contribution is 7.89. The number of hydrogen-bond donors (Lipinski definition) is 2. The first kappa shape index (κ1) is 16.3. The molecule has 0 heterocycles. The van der Waals surface area contributed by atoms with Gasteiger partial charge >= 0.3 is 0 Å². The molecule has 0 aromatic heterocycles. The number of nitrogens with zero attached hydrogens (tertiary/aromatic N) is 1. The van der Waals surface area contributed by atoms with Crippen LogP contribution in [0.1, 0.15) is 20.8 Å². The maximum Gasteiger partial charge on any atom is 0.236 e. The van der Waals surface area contributed by atoms with Crippen molar-refractivity contribution in [3.63, 3.8) is 0 Å². The van der Waals surface area contributed by atoms with Crippen LogP contribution in [-0.2, 0) is 14.8 Å². The zero-order valence-electron chi connectivity index (χ0n) is 10.8. The average molecular weight is 265 g/mol. The lowest BCUT2D eigenvalue weighted by atomic mass is 10.2. The fraction of sp³-hybridized carbons (Fsp3) is 0.900. The maximum absolute atomic E-state index is 11.8. The number of nitrogens with one attached hydrogen (secondary N) is 1. The Bertz CT molecular complexity index is 326. The van der Waals surface area contributed by atoms with Gasteiger partial charge in [-0.3, -0.25) is 4.79 Å². The summed E-state index contributed by atoms with van der Waals surface area (Å²) < 4.78 is 24.8. The van der Waals surface area contributed by atoms with Crippen LogP contribution in [0.2, 0.25) is 0 Å². The fourth-order valence-corrected chi connectivity index (χ4v) is 2.70. The summed E-state index contributed by atoms with van der Waals surface area (Å²) in [6, 6.07) is 0. The summed E-state index contributed by atoms with van der Waals surface area (Å²) in [6.07, 6.45) is 0. The van der Waals surface area contributed by atoms with Crippen LogP contribution in [0.5, 0.6) is 0 Å². The molecular formula is C10H23N3O3S. The second kappa shape index (κ2) is 7.62. The number of carbonyl (C=O) groups excluding carboxylic acids is 1. The SMILES string of the molecule is CCN(CC)S(=O)(=O)CC(=O)NCC(C)CN. The summed E-state index contributed by atoms with van der Waals surface area (Å²) in [5.41, 5.74) is 5.40. The van der Waals surface area contributed by atoms with E-state index in [1.807, 2.05) is 6.92 Å². The summed E-state index contributed by atoms with van der Waals surface area (Å²) in [5.74, 6) is -0.821. The van der Waals surface area contributed by atoms with Crippen LogP contribution >= 0.6 is 0 Å². The zero-order chi connectivity index (χ0) is 13.5. The minimum absolute atomic E-state index is 0.148. The fourth-order valence-electron chi connectivity index (χ4n) is 1.30. The molecule has 0 rings (SSSR count). The van der Waals surface area contributed by atoms with Crippen LogP contribution in [-0.4, -0.2) is 50.6 Å². The molecule has 17 heavy (non-hydrogen) atoms. The van der Waals surface area contributed by atoms with Gasteiger partial charge in [0.05, 0.1) is 0 Å². The Morgan fingerprint density at radius 2 is 1.88 bits per heavy atom. The lowest BCUT2D eigenvalue weighted by Crippen LogP contribution is -2.40. The third-order valence-electron chi connectivity index (χ3n) is 2.46. The van der Waals surface area contributed by atoms with Crippen molar-refractivity contribution in [2.75, 3.05) is 31.9 Å². The first-order chi connectivity index (χ1) is 7.87. The van der Waals surface area contributed by atoms with Gasteiger partial charge in [-0.05, 0) is 12.5 Å². The van der Waals surface area contributed by atoms with Gasteiger partial charge in [0.1, 0.15) is 5.75 Å². The summed E-state index contributed by atoms with van der Waals surface area (Å²) in [5, 5.41) is 2.57. The third kappa shape index (κ3) is 5.99. The van der Waals surface area contributed by atoms with Gasteiger partial charge in [0.15, 0.2) is 0 Å². The summed E-state index contributed by atoms with van der Waals surface area (Å²) >= 11 is 0. The van der Waals surface area contributed by atoms with E-state index in [-0.39, 0.29) is 5.92 Å². The normalized spacial score (nSPS) is 13.7. The molecule has 102 valence electrons. The molecule has 7 heteroatoms. The van der Waals surface area contributed by atoms with Crippen molar-refractivity contribution in [2.24, 2.45) is 11.7 Å². The van der Waals surface area contributed by atoms with Crippen molar-refractivity contribution in [1.29, 1.82) is 0 Å². The molecule has 0 saturated carbocycles. The van der Waals surface area contributed by atoms with Crippen LogP contribution in [0.3, 0.4) is 0 Å². The smallest absolute Gasteiger partial charge is 0.236 e. The maximum atomic E-state index is 11.8. The predicted octanol–water partition coefficient (Wildman–Crippen LogP) is -0.631. The van der Waals surface area contributed by atoms with Gasteiger partial charge in [-0.2, -0.15) is 0 Å². The van der Waals surface area contributed by atoms with E-state index in [1.54, 1.807) is 13.8 Å². The number of nitrogens with two attached hydrogens (primary N) is 1. The number of rotatable bonds is 8. The molecule has 0 aliphatic heterocycles. The summed E-state index contributed by atoms with van der Waals surface area (Å²) in [6.45, 7) is 7.01. The molecule has 0 fully saturated rings. The van der Waals surface area contributed by atoms with Crippen molar-refractivity contribution in [3.8, 4) is 0 Å². The Labute approximate surface area is 104 Å². The molecule has 6 nitrogen and oxygen atoms in total. The highest BCUT2D eigenvalue weighted by Crippen LogP contribution is 2.00. The van der Waals surface area contributed by atoms with E-state index in [2.05, 4.69) is 5.32 Å². The molecule has 3 N–H and O–H groups in total. The number of carbonyl (C=O) groups is 1. The molecule has 0 aliphatic carbocycles. The molecular weight excluding hydrogens is 242 g/mol. The molecule has 0 aromatic carbocycles. The Morgan fingerprint density at radius 1 is 1.35 bits per heavy atom. The highest BCUT2D eigenvalue weighted by atomic mass is 32.2. The van der Waals surface area contributed by atoms with Crippen molar-refractivity contribution in [2.45, 2.75) is 20.8 Å². The zero-order valence-corrected chi connectivity index (χ0v) is 11.6. The average Bonchev–Trinajstić information content (AvgIpc) is 2.26. The van der Waals surface area contributed by atoms with E-state index >= 15 is 0 Å². The van der Waals surface area contributed by atoms with E-state index in [4.69, 9.17) is 5.73 Å². The van der Waals surface area contributed by atoms with E-state index in [0.717, 1.165) is 0 Å². The first-order valence-corrected chi connectivity index (χ1v) is 7.42. The molecule has 0 aromatic rings. The van der Waals surface area contributed by atoms with E-state index < -0.39 is 21.7 Å². The molecule has 0 saturated heterocycles. The quantitative estimate of drug-likeness (QED) is 0.611. The molecule has 0 spiro atoms. The Morgan fingerprint density at radius 3 is 2.29 bits per heavy atom. The standard InChI is InChI=1S/C10H23N3O3S/c1-4-13(5-2)17(15,16)8-10(14)12-7-9(3)6-11/h9H,4-8,11H2,1-3H3,(H,12,14). The van der Waals surface area contributed by atoms with Crippen LogP contribution in [0, 0.1) is 5.92 Å². The van der Waals surface area contributed by atoms with Gasteiger partial charge in [-0.15, -0.1) is 0 Å². The minimum Gasteiger partial charge on any atom is -0.355 e. The number of amides is 1. The van der Waals surface area contributed by atoms with Gasteiger partial charge in [0.2, 0.25) is 15.9 Å². The topological polar surface area (TPSA) is 92.5 Å². The highest BCUT2D eigenvalue weighted by Gasteiger charge is 2.22. The lowest BCUT2D eigenvalue weighted by molar-refractivity contribution is -0.118. The van der Waals surface area contributed by atoms with Crippen molar-refractivity contribution in [3.05, 3.63) is 0 Å². The van der Waals surface area contributed by atoms with E-state index in [1.165, 1.54) is 4.31 Å². The van der Waals surface area contributed by atoms with Gasteiger partial charge in [-0.1, -0.05) is 20.8 Å². The predicted molar refractivity (Wildman–Crippen MR) is 67.9 cm³/mol. The van der Waals surface area contributed by atoms with Crippen molar-refractivity contribution >= 4 is 15.9 Å². The molecule has 0 bridgehead atoms. The van der Waals surface area contributed by atoms with Gasteiger partial charge < -0.3 is 11.1 Å². The summed E-state index contributed by atoms with van der Waals surface area (Å²) in [7, 11) is -3.49.